The molecule has 3 aromatic carbocycles. The van der Waals surface area contributed by atoms with Gasteiger partial charge in [0.15, 0.2) is 0 Å². The second-order valence-corrected chi connectivity index (χ2v) is 12.9. The predicted molar refractivity (Wildman–Crippen MR) is 189 cm³/mol. The third-order valence-corrected chi connectivity index (χ3v) is 9.09. The van der Waals surface area contributed by atoms with Crippen molar-refractivity contribution >= 4 is 21.6 Å². The summed E-state index contributed by atoms with van der Waals surface area (Å²) in [5, 5.41) is 0. The van der Waals surface area contributed by atoms with Crippen LogP contribution < -0.4 is 0 Å². The van der Waals surface area contributed by atoms with Gasteiger partial charge in [-0.1, -0.05) is 181 Å². The number of rotatable bonds is 23. The van der Waals surface area contributed by atoms with Crippen molar-refractivity contribution in [3.63, 3.8) is 0 Å². The zero-order valence-electron chi connectivity index (χ0n) is 25.8. The van der Waals surface area contributed by atoms with Gasteiger partial charge in [0.25, 0.3) is 0 Å². The number of benzene rings is 3. The van der Waals surface area contributed by atoms with Crippen LogP contribution in [-0.2, 0) is 19.3 Å². The summed E-state index contributed by atoms with van der Waals surface area (Å²) in [6.07, 6.45) is 27.4. The molecule has 3 rings (SSSR count). The summed E-state index contributed by atoms with van der Waals surface area (Å²) >= 11 is 0. The van der Waals surface area contributed by atoms with E-state index in [1.807, 2.05) is 0 Å². The Morgan fingerprint density at radius 2 is 0.634 bits per heavy atom. The number of halogens is 1. The molecule has 0 fully saturated rings. The average Bonchev–Trinajstić information content (AvgIpc) is 2.98. The quantitative estimate of drug-likeness (QED) is 0.0758. The van der Waals surface area contributed by atoms with E-state index in [1.165, 1.54) is 126 Å². The van der Waals surface area contributed by atoms with Crippen molar-refractivity contribution < 1.29 is 0 Å². The van der Waals surface area contributed by atoms with Gasteiger partial charge in [-0.15, -0.1) is 21.6 Å². The van der Waals surface area contributed by atoms with Crippen LogP contribution in [0.4, 0.5) is 0 Å². The van der Waals surface area contributed by atoms with E-state index in [4.69, 9.17) is 0 Å². The molecule has 41 heavy (non-hydrogen) atoms. The summed E-state index contributed by atoms with van der Waals surface area (Å²) in [4.78, 5) is 0. The summed E-state index contributed by atoms with van der Waals surface area (Å²) in [5.74, 6) is 0. The Bertz CT molecular complexity index is 871. The molecular weight excluding hydrogens is 535 g/mol. The summed E-state index contributed by atoms with van der Waals surface area (Å²) in [5.41, 5.74) is 4.68. The van der Waals surface area contributed by atoms with E-state index in [-0.39, 0.29) is 17.8 Å². The molecule has 0 aliphatic carbocycles. The van der Waals surface area contributed by atoms with Gasteiger partial charge in [-0.3, -0.25) is 0 Å². The van der Waals surface area contributed by atoms with Crippen molar-refractivity contribution in [2.75, 3.05) is 6.16 Å². The highest BCUT2D eigenvalue weighted by molar-refractivity contribution is 7.16. The Kier molecular flexibility index (Phi) is 19.9. The van der Waals surface area contributed by atoms with Crippen molar-refractivity contribution in [1.29, 1.82) is 0 Å². The Labute approximate surface area is 262 Å². The SMILES string of the molecule is Cl.PCCCCCCCCCCCCCCCCCC(Cc1ccccc1)(Cc1ccccc1)Cc1ccccc1. The van der Waals surface area contributed by atoms with E-state index in [0.29, 0.717) is 0 Å². The minimum Gasteiger partial charge on any atom is -0.147 e. The first-order chi connectivity index (χ1) is 19.8. The van der Waals surface area contributed by atoms with E-state index in [2.05, 4.69) is 100 Å². The average molecular weight is 593 g/mol. The molecule has 0 saturated heterocycles. The van der Waals surface area contributed by atoms with Crippen molar-refractivity contribution in [3.8, 4) is 0 Å². The van der Waals surface area contributed by atoms with Crippen LogP contribution in [0.3, 0.4) is 0 Å². The number of hydrogen-bond acceptors (Lipinski definition) is 0. The van der Waals surface area contributed by atoms with Crippen molar-refractivity contribution in [2.45, 2.75) is 122 Å². The normalized spacial score (nSPS) is 11.3. The van der Waals surface area contributed by atoms with Gasteiger partial charge in [0.05, 0.1) is 0 Å². The first-order valence-electron chi connectivity index (χ1n) is 16.6. The van der Waals surface area contributed by atoms with E-state index in [0.717, 1.165) is 19.3 Å². The summed E-state index contributed by atoms with van der Waals surface area (Å²) in [7, 11) is 2.85. The Morgan fingerprint density at radius 1 is 0.366 bits per heavy atom. The second-order valence-electron chi connectivity index (χ2n) is 12.3. The smallest absolute Gasteiger partial charge is 0.0176 e. The maximum Gasteiger partial charge on any atom is -0.0176 e. The molecule has 0 saturated carbocycles. The van der Waals surface area contributed by atoms with Gasteiger partial charge >= 0.3 is 0 Å². The molecule has 0 amide bonds. The lowest BCUT2D eigenvalue weighted by Crippen LogP contribution is -2.30. The monoisotopic (exact) mass is 592 g/mol. The molecule has 1 unspecified atom stereocenters. The highest BCUT2D eigenvalue weighted by atomic mass is 35.5. The van der Waals surface area contributed by atoms with Gasteiger partial charge in [0.1, 0.15) is 0 Å². The van der Waals surface area contributed by atoms with Crippen LogP contribution in [0.1, 0.15) is 119 Å². The van der Waals surface area contributed by atoms with E-state index < -0.39 is 0 Å². The molecule has 0 N–H and O–H groups in total. The van der Waals surface area contributed by atoms with Crippen molar-refractivity contribution in [1.82, 2.24) is 0 Å². The molecule has 226 valence electrons. The third kappa shape index (κ3) is 16.0. The first-order valence-corrected chi connectivity index (χ1v) is 17.4. The highest BCUT2D eigenvalue weighted by Crippen LogP contribution is 2.37. The molecule has 0 heterocycles. The predicted octanol–water partition coefficient (Wildman–Crippen LogP) is 12.2. The van der Waals surface area contributed by atoms with Crippen LogP contribution in [0.25, 0.3) is 0 Å². The zero-order chi connectivity index (χ0) is 28.0. The van der Waals surface area contributed by atoms with Gasteiger partial charge in [0, 0.05) is 0 Å². The fourth-order valence-electron chi connectivity index (χ4n) is 6.48. The number of hydrogen-bond donors (Lipinski definition) is 0. The summed E-state index contributed by atoms with van der Waals surface area (Å²) < 4.78 is 0. The number of unbranched alkanes of at least 4 members (excludes halogenated alkanes) is 14. The second kappa shape index (κ2) is 22.9. The van der Waals surface area contributed by atoms with Crippen LogP contribution in [0, 0.1) is 5.41 Å². The topological polar surface area (TPSA) is 0 Å². The van der Waals surface area contributed by atoms with Crippen LogP contribution >= 0.6 is 21.6 Å². The van der Waals surface area contributed by atoms with Gasteiger partial charge in [-0.2, -0.15) is 0 Å². The van der Waals surface area contributed by atoms with Crippen LogP contribution in [0.2, 0.25) is 0 Å². The summed E-state index contributed by atoms with van der Waals surface area (Å²) in [6.45, 7) is 0. The molecule has 1 atom stereocenters. The van der Waals surface area contributed by atoms with E-state index in [1.54, 1.807) is 0 Å². The molecule has 0 aliphatic rings. The third-order valence-electron chi connectivity index (χ3n) is 8.68. The lowest BCUT2D eigenvalue weighted by atomic mass is 9.69. The fourth-order valence-corrected chi connectivity index (χ4v) is 6.77. The lowest BCUT2D eigenvalue weighted by Gasteiger charge is -2.35. The molecule has 0 spiro atoms. The van der Waals surface area contributed by atoms with Crippen molar-refractivity contribution in [3.05, 3.63) is 108 Å². The summed E-state index contributed by atoms with van der Waals surface area (Å²) in [6, 6.07) is 33.7. The molecule has 0 aromatic heterocycles. The van der Waals surface area contributed by atoms with Gasteiger partial charge < -0.3 is 0 Å². The van der Waals surface area contributed by atoms with Gasteiger partial charge in [0.2, 0.25) is 0 Å². The molecule has 3 aromatic rings. The Morgan fingerprint density at radius 3 is 0.927 bits per heavy atom. The largest absolute Gasteiger partial charge is 0.147 e. The zero-order valence-corrected chi connectivity index (χ0v) is 27.8. The minimum atomic E-state index is 0. The van der Waals surface area contributed by atoms with E-state index in [9.17, 15) is 0 Å². The maximum atomic E-state index is 2.85. The van der Waals surface area contributed by atoms with Gasteiger partial charge in [-0.05, 0) is 60.4 Å². The Hall–Kier alpha value is -1.62. The van der Waals surface area contributed by atoms with Crippen LogP contribution in [0.5, 0.6) is 0 Å². The fraction of sp³-hybridized carbons (Fsp3) is 0.538. The first kappa shape index (κ1) is 35.6. The lowest BCUT2D eigenvalue weighted by molar-refractivity contribution is 0.243. The molecule has 0 aliphatic heterocycles. The Balaban J connectivity index is 0.00000588. The standard InChI is InChI=1S/C39H57P.ClH/c40-32-24-13-11-9-7-5-3-1-2-4-6-8-10-12-23-31-39(33-36-25-17-14-18-26-36,34-37-27-19-15-20-28-37)35-38-29-21-16-22-30-38;/h14-22,25-30H,1-13,23-24,31-35,40H2;1H. The molecule has 0 bridgehead atoms. The highest BCUT2D eigenvalue weighted by Gasteiger charge is 2.30. The van der Waals surface area contributed by atoms with E-state index >= 15 is 0 Å². The van der Waals surface area contributed by atoms with Gasteiger partial charge in [-0.25, -0.2) is 0 Å². The molecule has 0 nitrogen and oxygen atoms in total. The molecule has 0 radical (unpaired) electrons. The van der Waals surface area contributed by atoms with Crippen LogP contribution in [-0.4, -0.2) is 6.16 Å². The van der Waals surface area contributed by atoms with Crippen molar-refractivity contribution in [2.24, 2.45) is 5.41 Å². The molecular formula is C39H58ClP. The maximum absolute atomic E-state index is 2.85. The van der Waals surface area contributed by atoms with Crippen LogP contribution in [0.15, 0.2) is 91.0 Å². The minimum absolute atomic E-state index is 0. The molecule has 2 heteroatoms.